The first-order valence-corrected chi connectivity index (χ1v) is 10.5. The number of aryl methyl sites for hydroxylation is 2. The van der Waals surface area contributed by atoms with Crippen LogP contribution in [0.5, 0.6) is 0 Å². The molecule has 1 aliphatic rings. The fraction of sp³-hybridized carbons (Fsp3) is 0.333. The number of hydrogen-bond acceptors (Lipinski definition) is 7. The van der Waals surface area contributed by atoms with Crippen molar-refractivity contribution in [2.75, 3.05) is 24.7 Å². The number of nitrogens with zero attached hydrogens (tertiary/aromatic N) is 5. The Morgan fingerprint density at radius 1 is 1.23 bits per heavy atom. The zero-order valence-electron chi connectivity index (χ0n) is 17.4. The highest BCUT2D eigenvalue weighted by molar-refractivity contribution is 7.13. The van der Waals surface area contributed by atoms with Crippen LogP contribution in [0.3, 0.4) is 0 Å². The normalized spacial score (nSPS) is 16.6. The van der Waals surface area contributed by atoms with Crippen molar-refractivity contribution >= 4 is 35.5 Å². The molecule has 0 bridgehead atoms. The molecule has 164 valence electrons. The topological polar surface area (TPSA) is 71.5 Å². The predicted molar refractivity (Wildman–Crippen MR) is 120 cm³/mol. The van der Waals surface area contributed by atoms with E-state index < -0.39 is 5.82 Å². The summed E-state index contributed by atoms with van der Waals surface area (Å²) in [4.78, 5) is 34.1. The molecule has 0 unspecified atom stereocenters. The Bertz CT molecular complexity index is 1050. The van der Waals surface area contributed by atoms with Gasteiger partial charge in [-0.25, -0.2) is 24.4 Å². The number of hydroxylamine groups is 1. The molecule has 0 radical (unpaired) electrons. The van der Waals surface area contributed by atoms with Crippen LogP contribution in [0.2, 0.25) is 0 Å². The molecule has 3 aromatic rings. The summed E-state index contributed by atoms with van der Waals surface area (Å²) in [6.07, 6.45) is 1.41. The molecule has 0 N–H and O–H groups in total. The largest absolute Gasteiger partial charge is 0.334 e. The van der Waals surface area contributed by atoms with E-state index in [1.165, 1.54) is 23.5 Å². The predicted octanol–water partition coefficient (Wildman–Crippen LogP) is 4.06. The molecule has 1 saturated heterocycles. The van der Waals surface area contributed by atoms with Gasteiger partial charge in [0.15, 0.2) is 5.82 Å². The summed E-state index contributed by atoms with van der Waals surface area (Å²) in [6, 6.07) is 6.09. The summed E-state index contributed by atoms with van der Waals surface area (Å²) in [5.41, 5.74) is 1.78. The molecule has 10 heteroatoms. The molecule has 3 heterocycles. The molecule has 1 aliphatic heterocycles. The number of rotatable bonds is 3. The highest BCUT2D eigenvalue weighted by Gasteiger charge is 2.28. The highest BCUT2D eigenvalue weighted by atomic mass is 35.5. The van der Waals surface area contributed by atoms with Crippen molar-refractivity contribution in [1.29, 1.82) is 0 Å². The van der Waals surface area contributed by atoms with Gasteiger partial charge in [0.05, 0.1) is 12.1 Å². The Labute approximate surface area is 190 Å². The maximum Gasteiger partial charge on any atom is 0.254 e. The molecule has 1 atom stereocenters. The van der Waals surface area contributed by atoms with Gasteiger partial charge < -0.3 is 4.90 Å². The third kappa shape index (κ3) is 5.17. The molecule has 7 nitrogen and oxygen atoms in total. The van der Waals surface area contributed by atoms with Crippen LogP contribution in [-0.4, -0.2) is 51.5 Å². The third-order valence-corrected chi connectivity index (χ3v) is 5.53. The summed E-state index contributed by atoms with van der Waals surface area (Å²) in [7, 11) is 0. The molecule has 4 rings (SSSR count). The lowest BCUT2D eigenvalue weighted by atomic mass is 10.1. The fourth-order valence-corrected chi connectivity index (χ4v) is 4.18. The van der Waals surface area contributed by atoms with Gasteiger partial charge in [-0.3, -0.25) is 9.63 Å². The Morgan fingerprint density at radius 2 is 2.03 bits per heavy atom. The van der Waals surface area contributed by atoms with Gasteiger partial charge in [-0.05, 0) is 39.0 Å². The Morgan fingerprint density at radius 3 is 2.74 bits per heavy atom. The number of anilines is 1. The van der Waals surface area contributed by atoms with Crippen molar-refractivity contribution in [3.8, 4) is 10.6 Å². The van der Waals surface area contributed by atoms with Crippen LogP contribution in [0.4, 0.5) is 10.2 Å². The zero-order chi connectivity index (χ0) is 21.3. The number of hydrogen-bond donors (Lipinski definition) is 0. The molecule has 1 aromatic carbocycles. The molecule has 0 saturated carbocycles. The van der Waals surface area contributed by atoms with Crippen molar-refractivity contribution in [1.82, 2.24) is 19.9 Å². The van der Waals surface area contributed by atoms with E-state index in [-0.39, 0.29) is 24.4 Å². The van der Waals surface area contributed by atoms with E-state index in [1.807, 2.05) is 32.2 Å². The average Bonchev–Trinajstić information content (AvgIpc) is 3.15. The van der Waals surface area contributed by atoms with E-state index in [0.717, 1.165) is 5.69 Å². The number of amides is 1. The van der Waals surface area contributed by atoms with E-state index in [4.69, 9.17) is 4.84 Å². The molecular weight excluding hydrogens is 441 g/mol. The van der Waals surface area contributed by atoms with Gasteiger partial charge >= 0.3 is 0 Å². The molecule has 0 aliphatic carbocycles. The van der Waals surface area contributed by atoms with Crippen molar-refractivity contribution in [2.24, 2.45) is 0 Å². The van der Waals surface area contributed by atoms with E-state index in [9.17, 15) is 9.18 Å². The first-order chi connectivity index (χ1) is 14.4. The lowest BCUT2D eigenvalue weighted by Crippen LogP contribution is -2.37. The van der Waals surface area contributed by atoms with Crippen molar-refractivity contribution in [2.45, 2.75) is 26.9 Å². The van der Waals surface area contributed by atoms with Gasteiger partial charge in [0, 0.05) is 42.0 Å². The number of benzene rings is 1. The number of carbonyl (C=O) groups is 1. The van der Waals surface area contributed by atoms with Crippen molar-refractivity contribution in [3.05, 3.63) is 58.7 Å². The Kier molecular flexibility index (Phi) is 7.19. The van der Waals surface area contributed by atoms with E-state index in [0.29, 0.717) is 47.4 Å². The average molecular weight is 464 g/mol. The van der Waals surface area contributed by atoms with Crippen LogP contribution in [0.1, 0.15) is 28.8 Å². The molecule has 31 heavy (non-hydrogen) atoms. The molecular formula is C21H23ClFN5O2S. The van der Waals surface area contributed by atoms with E-state index >= 15 is 0 Å². The van der Waals surface area contributed by atoms with Crippen LogP contribution in [-0.2, 0) is 4.84 Å². The van der Waals surface area contributed by atoms with Crippen LogP contribution < -0.4 is 5.06 Å². The summed E-state index contributed by atoms with van der Waals surface area (Å²) in [6.45, 7) is 6.86. The maximum absolute atomic E-state index is 14.0. The first kappa shape index (κ1) is 23.1. The van der Waals surface area contributed by atoms with Gasteiger partial charge in [-0.1, -0.05) is 0 Å². The fourth-order valence-electron chi connectivity index (χ4n) is 3.50. The summed E-state index contributed by atoms with van der Waals surface area (Å²) in [5.74, 6) is 0.625. The maximum atomic E-state index is 14.0. The van der Waals surface area contributed by atoms with Gasteiger partial charge in [0.1, 0.15) is 22.8 Å². The third-order valence-electron chi connectivity index (χ3n) is 4.73. The smallest absolute Gasteiger partial charge is 0.254 e. The Hall–Kier alpha value is -2.62. The summed E-state index contributed by atoms with van der Waals surface area (Å²) >= 11 is 1.41. The first-order valence-electron chi connectivity index (χ1n) is 9.66. The molecule has 0 spiro atoms. The molecule has 1 fully saturated rings. The number of aromatic nitrogens is 3. The lowest BCUT2D eigenvalue weighted by molar-refractivity contribution is 0.0423. The second-order valence-corrected chi connectivity index (χ2v) is 8.11. The van der Waals surface area contributed by atoms with Gasteiger partial charge in [0.2, 0.25) is 0 Å². The van der Waals surface area contributed by atoms with Gasteiger partial charge in [-0.2, -0.15) is 0 Å². The molecule has 2 aromatic heterocycles. The molecule has 1 amide bonds. The van der Waals surface area contributed by atoms with Crippen LogP contribution in [0.15, 0.2) is 35.8 Å². The number of thiazole rings is 1. The number of carbonyl (C=O) groups excluding carboxylic acids is 1. The minimum atomic E-state index is -0.452. The quantitative estimate of drug-likeness (QED) is 0.583. The SMILES string of the molecule is Cc1cc(N2CCN(C(=O)c3cc(F)ccc3-c3nccs3)C[C@H](C)O2)nc(C)n1.Cl. The zero-order valence-corrected chi connectivity index (χ0v) is 19.0. The van der Waals surface area contributed by atoms with E-state index in [1.54, 1.807) is 22.2 Å². The standard InChI is InChI=1S/C21H22FN5O2S.ClH/c1-13-10-19(25-15(3)24-13)27-8-7-26(12-14(2)29-27)21(28)18-11-16(22)4-5-17(18)20-23-6-9-30-20;/h4-6,9-11,14H,7-8,12H2,1-3H3;1H/t14-;/m0./s1. The van der Waals surface area contributed by atoms with E-state index in [2.05, 4.69) is 15.0 Å². The van der Waals surface area contributed by atoms with Crippen LogP contribution >= 0.6 is 23.7 Å². The highest BCUT2D eigenvalue weighted by Crippen LogP contribution is 2.28. The van der Waals surface area contributed by atoms with Crippen molar-refractivity contribution in [3.63, 3.8) is 0 Å². The second-order valence-electron chi connectivity index (χ2n) is 7.21. The lowest BCUT2D eigenvalue weighted by Gasteiger charge is -2.22. The van der Waals surface area contributed by atoms with Crippen molar-refractivity contribution < 1.29 is 14.0 Å². The Balaban J connectivity index is 0.00000272. The van der Waals surface area contributed by atoms with Crippen LogP contribution in [0, 0.1) is 19.7 Å². The minimum Gasteiger partial charge on any atom is -0.334 e. The monoisotopic (exact) mass is 463 g/mol. The van der Waals surface area contributed by atoms with Crippen LogP contribution in [0.25, 0.3) is 10.6 Å². The summed E-state index contributed by atoms with van der Waals surface area (Å²) < 4.78 is 14.0. The second kappa shape index (κ2) is 9.67. The summed E-state index contributed by atoms with van der Waals surface area (Å²) in [5, 5.41) is 4.22. The number of halogens is 2. The van der Waals surface area contributed by atoms with Gasteiger partial charge in [0.25, 0.3) is 5.91 Å². The van der Waals surface area contributed by atoms with Gasteiger partial charge in [-0.15, -0.1) is 23.7 Å². The minimum absolute atomic E-state index is 0.